The van der Waals surface area contributed by atoms with Crippen molar-refractivity contribution in [1.29, 1.82) is 0 Å². The van der Waals surface area contributed by atoms with Crippen LogP contribution in [0.4, 0.5) is 0 Å². The van der Waals surface area contributed by atoms with Gasteiger partial charge in [0.05, 0.1) is 0 Å². The molecule has 0 heterocycles. The van der Waals surface area contributed by atoms with Crippen LogP contribution in [0.2, 0.25) is 0 Å². The van der Waals surface area contributed by atoms with Crippen LogP contribution in [0, 0.1) is 209 Å². The first kappa shape index (κ1) is 61.4. The summed E-state index contributed by atoms with van der Waals surface area (Å²) in [6.45, 7) is 0. The van der Waals surface area contributed by atoms with E-state index >= 15 is 0 Å². The zero-order valence-electron chi connectivity index (χ0n) is 5.33. The molecule has 0 spiro atoms. The van der Waals surface area contributed by atoms with Gasteiger partial charge in [0.15, 0.2) is 0 Å². The van der Waals surface area contributed by atoms with Crippen LogP contribution in [-0.2, 0) is 0 Å². The summed E-state index contributed by atoms with van der Waals surface area (Å²) >= 11 is 0. The third-order valence-corrected chi connectivity index (χ3v) is 0. The number of rotatable bonds is 0. The molecule has 0 rings (SSSR count). The Morgan fingerprint density at radius 2 is 0.222 bits per heavy atom. The predicted octanol–water partition coefficient (Wildman–Crippen LogP) is -3.66. The Bertz CT molecular complexity index is 8.92. The first-order valence-electron chi connectivity index (χ1n) is 0. The third-order valence-electron chi connectivity index (χ3n) is 0. The van der Waals surface area contributed by atoms with Crippen LogP contribution in [0.25, 0.3) is 0 Å². The zero-order valence-corrected chi connectivity index (χ0v) is 37.2. The van der Waals surface area contributed by atoms with Gasteiger partial charge in [0.25, 0.3) is 0 Å². The molecule has 44 valence electrons. The summed E-state index contributed by atoms with van der Waals surface area (Å²) in [5, 5.41) is 0. The van der Waals surface area contributed by atoms with E-state index in [1.54, 1.807) is 0 Å². The van der Waals surface area contributed by atoms with E-state index in [2.05, 4.69) is 0 Å². The molecule has 0 saturated carbocycles. The Hall–Kier alpha value is 10.1. The van der Waals surface area contributed by atoms with Gasteiger partial charge in [0, 0.05) is 209 Å². The fourth-order valence-corrected chi connectivity index (χ4v) is 0. The van der Waals surface area contributed by atoms with Gasteiger partial charge in [-0.15, -0.1) is 0 Å². The monoisotopic (exact) mass is 1190 g/mol. The number of hydrogen-bond donors (Lipinski definition) is 0. The van der Waals surface area contributed by atoms with Gasteiger partial charge in [-0.3, -0.25) is 0 Å². The molecule has 0 amide bonds. The molecule has 0 aromatic carbocycles. The van der Waals surface area contributed by atoms with Crippen LogP contribution in [0.15, 0.2) is 0 Å². The minimum absolute atomic E-state index is 0. The third kappa shape index (κ3) is 46.0. The predicted molar refractivity (Wildman–Crippen MR) is 34.2 cm³/mol. The van der Waals surface area contributed by atoms with E-state index in [1.807, 2.05) is 0 Å². The molecule has 0 atom stereocenters. The van der Waals surface area contributed by atoms with E-state index in [-0.39, 0.29) is 304 Å². The van der Waals surface area contributed by atoms with Crippen molar-refractivity contribution < 1.29 is 209 Å². The summed E-state index contributed by atoms with van der Waals surface area (Å²) in [4.78, 5) is 0. The molecule has 8 radical (unpaired) electrons. The Morgan fingerprint density at radius 1 is 0.222 bits per heavy atom. The number of hydrogen-bond acceptors (Lipinski definition) is 0. The maximum absolute atomic E-state index is 0. The molecule has 0 saturated heterocycles. The summed E-state index contributed by atoms with van der Waals surface area (Å²) in [6, 6.07) is 0. The topological polar surface area (TPSA) is 0 Å². The molecule has 9 heteroatoms. The molecule has 0 aliphatic heterocycles. The average molecular weight is 1180 g/mol. The summed E-state index contributed by atoms with van der Waals surface area (Å²) in [7, 11) is 0. The quantitative estimate of drug-likeness (QED) is 0.220. The molecule has 0 aliphatic carbocycles. The minimum atomic E-state index is 0. The van der Waals surface area contributed by atoms with Crippen LogP contribution < -0.4 is 0 Å². The summed E-state index contributed by atoms with van der Waals surface area (Å²) in [5.41, 5.74) is 0. The van der Waals surface area contributed by atoms with Crippen molar-refractivity contribution in [2.24, 2.45) is 0 Å². The van der Waals surface area contributed by atoms with Gasteiger partial charge in [-0.05, 0) is 0 Å². The molecular weight excluding hydrogens is 1180 g/mol. The van der Waals surface area contributed by atoms with Crippen molar-refractivity contribution in [2.75, 3.05) is 0 Å². The molecule has 0 unspecified atom stereocenters. The Labute approximate surface area is 293 Å². The van der Waals surface area contributed by atoms with Crippen LogP contribution in [0.5, 0.6) is 0 Å². The van der Waals surface area contributed by atoms with E-state index in [4.69, 9.17) is 0 Å². The van der Waals surface area contributed by atoms with Crippen molar-refractivity contribution in [3.63, 3.8) is 0 Å². The second-order valence-electron chi connectivity index (χ2n) is 0. The molecule has 9 heavy (non-hydrogen) atoms. The van der Waals surface area contributed by atoms with Crippen molar-refractivity contribution in [3.8, 4) is 0 Å². The molecule has 0 aliphatic rings. The van der Waals surface area contributed by atoms with Gasteiger partial charge in [-0.2, -0.15) is 0 Å². The first-order valence-corrected chi connectivity index (χ1v) is 0. The Balaban J connectivity index is 0. The van der Waals surface area contributed by atoms with Gasteiger partial charge in [0.2, 0.25) is 0 Å². The standard InChI is InChI=1S/5Ce.4Sn.8H. The van der Waals surface area contributed by atoms with Gasteiger partial charge in [0.1, 0.15) is 0 Å². The molecule has 0 nitrogen and oxygen atoms in total. The van der Waals surface area contributed by atoms with Crippen molar-refractivity contribution >= 4 is 95.6 Å². The van der Waals surface area contributed by atoms with Crippen LogP contribution in [0.1, 0.15) is 0 Å². The molecule has 0 aromatic heterocycles. The summed E-state index contributed by atoms with van der Waals surface area (Å²) in [5.74, 6) is 0. The van der Waals surface area contributed by atoms with Crippen molar-refractivity contribution in [2.45, 2.75) is 0 Å². The maximum atomic E-state index is 0. The van der Waals surface area contributed by atoms with Crippen LogP contribution >= 0.6 is 0 Å². The van der Waals surface area contributed by atoms with Crippen LogP contribution in [0.3, 0.4) is 0 Å². The van der Waals surface area contributed by atoms with Crippen molar-refractivity contribution in [3.05, 3.63) is 0 Å². The normalized spacial score (nSPS) is 0. The van der Waals surface area contributed by atoms with E-state index in [0.29, 0.717) is 0 Å². The Kier molecular flexibility index (Phi) is 354. The first-order chi connectivity index (χ1) is 0. The summed E-state index contributed by atoms with van der Waals surface area (Å²) in [6.07, 6.45) is 0. The molecule has 0 aromatic rings. The van der Waals surface area contributed by atoms with Gasteiger partial charge in [-0.1, -0.05) is 0 Å². The second-order valence-corrected chi connectivity index (χ2v) is 0. The molecule has 0 N–H and O–H groups in total. The summed E-state index contributed by atoms with van der Waals surface area (Å²) < 4.78 is 0. The van der Waals surface area contributed by atoms with E-state index in [1.165, 1.54) is 0 Å². The fourth-order valence-electron chi connectivity index (χ4n) is 0. The zero-order chi connectivity index (χ0) is 0. The van der Waals surface area contributed by atoms with Gasteiger partial charge in [-0.25, -0.2) is 0 Å². The van der Waals surface area contributed by atoms with Gasteiger partial charge < -0.3 is 0 Å². The molecule has 0 bridgehead atoms. The molecule has 0 fully saturated rings. The van der Waals surface area contributed by atoms with E-state index < -0.39 is 0 Å². The second kappa shape index (κ2) is 51.9. The SMILES string of the molecule is [Ce].[Ce].[Ce].[Ce].[Ce].[SnH2].[SnH2].[SnH2].[SnH2]. The van der Waals surface area contributed by atoms with Crippen LogP contribution in [-0.4, -0.2) is 95.6 Å². The van der Waals surface area contributed by atoms with Gasteiger partial charge >= 0.3 is 95.6 Å². The van der Waals surface area contributed by atoms with E-state index in [0.717, 1.165) is 0 Å². The van der Waals surface area contributed by atoms with E-state index in [9.17, 15) is 0 Å². The fraction of sp³-hybridized carbons (Fsp3) is 0. The average Bonchev–Trinajstić information content (AvgIpc) is 0. The van der Waals surface area contributed by atoms with Crippen molar-refractivity contribution in [1.82, 2.24) is 0 Å². The Morgan fingerprint density at radius 3 is 0.222 bits per heavy atom. The molecular formula is H8Ce5Sn4.